The van der Waals surface area contributed by atoms with Crippen LogP contribution in [0.3, 0.4) is 0 Å². The van der Waals surface area contributed by atoms with Gasteiger partial charge in [-0.05, 0) is 62.9 Å². The molecule has 1 N–H and O–H groups in total. The molecule has 2 aromatic carbocycles. The van der Waals surface area contributed by atoms with E-state index in [1.807, 2.05) is 13.0 Å². The van der Waals surface area contributed by atoms with Crippen LogP contribution in [0.15, 0.2) is 36.4 Å². The summed E-state index contributed by atoms with van der Waals surface area (Å²) in [7, 11) is 0. The zero-order chi connectivity index (χ0) is 24.0. The molecule has 34 heavy (non-hydrogen) atoms. The van der Waals surface area contributed by atoms with Crippen LogP contribution < -0.4 is 10.2 Å². The van der Waals surface area contributed by atoms with Gasteiger partial charge < -0.3 is 4.74 Å². The highest BCUT2D eigenvalue weighted by Crippen LogP contribution is 2.36. The fourth-order valence-corrected chi connectivity index (χ4v) is 5.18. The maximum Gasteiger partial charge on any atom is 0.150 e. The first kappa shape index (κ1) is 23.8. The summed E-state index contributed by atoms with van der Waals surface area (Å²) in [6.07, 6.45) is 5.61. The van der Waals surface area contributed by atoms with E-state index in [1.54, 1.807) is 18.2 Å². The van der Waals surface area contributed by atoms with Crippen LogP contribution >= 0.6 is 46.4 Å². The van der Waals surface area contributed by atoms with Gasteiger partial charge in [0.1, 0.15) is 28.8 Å². The zero-order valence-electron chi connectivity index (χ0n) is 18.1. The molecule has 1 unspecified atom stereocenters. The van der Waals surface area contributed by atoms with Crippen molar-refractivity contribution >= 4 is 52.1 Å². The Morgan fingerprint density at radius 1 is 1.12 bits per heavy atom. The summed E-state index contributed by atoms with van der Waals surface area (Å²) in [6.45, 7) is 1.94. The number of hydroxylamine groups is 1. The molecule has 0 amide bonds. The quantitative estimate of drug-likeness (QED) is 0.370. The molecular weight excluding hydrogens is 523 g/mol. The van der Waals surface area contributed by atoms with E-state index in [2.05, 4.69) is 10.6 Å². The standard InChI is InChI=1S/C24H20Cl4FN3O2/c1-24(11-20(31-34-24)14-7-6-13(25)8-16(14)26)12-33-22-10-21(18(29)9-17(22)27)32-23(28)15-4-2-3-5-19(15)30-32/h6-11,31H,2-5,12H2,1H3. The van der Waals surface area contributed by atoms with Crippen molar-refractivity contribution < 1.29 is 14.0 Å². The molecule has 1 aliphatic heterocycles. The second kappa shape index (κ2) is 9.25. The molecule has 0 radical (unpaired) electrons. The van der Waals surface area contributed by atoms with Crippen LogP contribution in [0.1, 0.15) is 36.6 Å². The van der Waals surface area contributed by atoms with Crippen molar-refractivity contribution in [2.75, 3.05) is 6.61 Å². The van der Waals surface area contributed by atoms with Gasteiger partial charge in [-0.25, -0.2) is 9.07 Å². The van der Waals surface area contributed by atoms with Crippen LogP contribution in [0.5, 0.6) is 5.75 Å². The highest BCUT2D eigenvalue weighted by molar-refractivity contribution is 6.35. The maximum atomic E-state index is 14.9. The second-order valence-electron chi connectivity index (χ2n) is 8.56. The number of rotatable bonds is 5. The Labute approximate surface area is 216 Å². The van der Waals surface area contributed by atoms with Crippen LogP contribution in [0.2, 0.25) is 20.2 Å². The van der Waals surface area contributed by atoms with Crippen molar-refractivity contribution in [3.05, 3.63) is 79.3 Å². The van der Waals surface area contributed by atoms with Crippen LogP contribution in [0.25, 0.3) is 11.4 Å². The lowest BCUT2D eigenvalue weighted by molar-refractivity contribution is -0.0472. The van der Waals surface area contributed by atoms with Crippen molar-refractivity contribution in [2.24, 2.45) is 0 Å². The molecule has 0 bridgehead atoms. The fourth-order valence-electron chi connectivity index (χ4n) is 4.13. The molecule has 0 spiro atoms. The number of hydrogen-bond acceptors (Lipinski definition) is 4. The van der Waals surface area contributed by atoms with E-state index >= 15 is 0 Å². The largest absolute Gasteiger partial charge is 0.488 e. The molecule has 0 saturated heterocycles. The Hall–Kier alpha value is -1.96. The minimum atomic E-state index is -0.835. The van der Waals surface area contributed by atoms with Crippen LogP contribution in [-0.4, -0.2) is 22.0 Å². The molecule has 1 aliphatic carbocycles. The number of aromatic nitrogens is 2. The number of ether oxygens (including phenoxy) is 1. The van der Waals surface area contributed by atoms with E-state index in [1.165, 1.54) is 16.8 Å². The van der Waals surface area contributed by atoms with Crippen LogP contribution in [0.4, 0.5) is 4.39 Å². The van der Waals surface area contributed by atoms with E-state index in [9.17, 15) is 4.39 Å². The molecule has 3 aromatic rings. The van der Waals surface area contributed by atoms with Gasteiger partial charge in [-0.1, -0.05) is 46.4 Å². The maximum absolute atomic E-state index is 14.9. The average molecular weight is 543 g/mol. The smallest absolute Gasteiger partial charge is 0.150 e. The third-order valence-corrected chi connectivity index (χ3v) is 7.13. The molecule has 178 valence electrons. The van der Waals surface area contributed by atoms with Gasteiger partial charge in [0.15, 0.2) is 5.82 Å². The average Bonchev–Trinajstić information content (AvgIpc) is 3.34. The Balaban J connectivity index is 1.39. The lowest BCUT2D eigenvalue weighted by Crippen LogP contribution is -2.33. The van der Waals surface area contributed by atoms with Gasteiger partial charge in [0.2, 0.25) is 0 Å². The predicted octanol–water partition coefficient (Wildman–Crippen LogP) is 7.22. The summed E-state index contributed by atoms with van der Waals surface area (Å²) in [4.78, 5) is 5.75. The second-order valence-corrected chi connectivity index (χ2v) is 10.2. The SMILES string of the molecule is CC1(COc2cc(-n3nc4c(c3Cl)CCCC4)c(F)cc2Cl)C=C(c2ccc(Cl)cc2Cl)NO1. The molecule has 5 rings (SSSR count). The molecule has 0 fully saturated rings. The Morgan fingerprint density at radius 2 is 1.91 bits per heavy atom. The number of fused-ring (bicyclic) bond motifs is 1. The molecule has 2 aliphatic rings. The highest BCUT2D eigenvalue weighted by Gasteiger charge is 2.32. The van der Waals surface area contributed by atoms with Gasteiger partial charge in [-0.3, -0.25) is 10.3 Å². The molecule has 1 aromatic heterocycles. The number of nitrogens with one attached hydrogen (secondary N) is 1. The molecular formula is C24H20Cl4FN3O2. The van der Waals surface area contributed by atoms with Gasteiger partial charge in [0, 0.05) is 22.2 Å². The van der Waals surface area contributed by atoms with Crippen molar-refractivity contribution in [1.29, 1.82) is 0 Å². The third kappa shape index (κ3) is 4.50. The van der Waals surface area contributed by atoms with Crippen LogP contribution in [-0.2, 0) is 17.7 Å². The minimum Gasteiger partial charge on any atom is -0.488 e. The van der Waals surface area contributed by atoms with E-state index in [4.69, 9.17) is 56.0 Å². The highest BCUT2D eigenvalue weighted by atomic mass is 35.5. The van der Waals surface area contributed by atoms with E-state index in [0.717, 1.165) is 42.5 Å². The van der Waals surface area contributed by atoms with Crippen molar-refractivity contribution in [1.82, 2.24) is 15.3 Å². The molecule has 5 nitrogen and oxygen atoms in total. The normalized spacial score (nSPS) is 19.5. The fraction of sp³-hybridized carbons (Fsp3) is 0.292. The van der Waals surface area contributed by atoms with Crippen molar-refractivity contribution in [3.63, 3.8) is 0 Å². The van der Waals surface area contributed by atoms with Gasteiger partial charge >= 0.3 is 0 Å². The summed E-state index contributed by atoms with van der Waals surface area (Å²) in [6, 6.07) is 7.92. The first-order valence-electron chi connectivity index (χ1n) is 10.7. The van der Waals surface area contributed by atoms with Gasteiger partial charge in [-0.2, -0.15) is 5.10 Å². The molecule has 0 saturated carbocycles. The minimum absolute atomic E-state index is 0.100. The number of nitrogens with zero attached hydrogens (tertiary/aromatic N) is 2. The van der Waals surface area contributed by atoms with E-state index in [-0.39, 0.29) is 17.3 Å². The van der Waals surface area contributed by atoms with Gasteiger partial charge in [-0.15, -0.1) is 0 Å². The first-order chi connectivity index (χ1) is 16.2. The topological polar surface area (TPSA) is 48.3 Å². The Morgan fingerprint density at radius 3 is 2.68 bits per heavy atom. The van der Waals surface area contributed by atoms with E-state index < -0.39 is 11.4 Å². The van der Waals surface area contributed by atoms with E-state index in [0.29, 0.717) is 26.6 Å². The Kier molecular flexibility index (Phi) is 6.46. The lowest BCUT2D eigenvalue weighted by atomic mass is 9.99. The summed E-state index contributed by atoms with van der Waals surface area (Å²) in [5.74, 6) is -0.248. The van der Waals surface area contributed by atoms with Crippen molar-refractivity contribution in [2.45, 2.75) is 38.2 Å². The number of aryl methyl sites for hydroxylation is 1. The zero-order valence-corrected chi connectivity index (χ0v) is 21.1. The lowest BCUT2D eigenvalue weighted by Gasteiger charge is -2.21. The number of benzene rings is 2. The number of hydrogen-bond donors (Lipinski definition) is 1. The monoisotopic (exact) mass is 541 g/mol. The molecule has 2 heterocycles. The first-order valence-corrected chi connectivity index (χ1v) is 12.3. The van der Waals surface area contributed by atoms with Gasteiger partial charge in [0.25, 0.3) is 0 Å². The Bertz CT molecular complexity index is 1310. The van der Waals surface area contributed by atoms with Crippen LogP contribution in [0, 0.1) is 5.82 Å². The molecule has 1 atom stereocenters. The van der Waals surface area contributed by atoms with Gasteiger partial charge in [0.05, 0.1) is 21.4 Å². The molecule has 10 heteroatoms. The number of halogens is 5. The summed E-state index contributed by atoms with van der Waals surface area (Å²) in [5, 5.41) is 6.13. The third-order valence-electron chi connectivity index (χ3n) is 5.90. The summed E-state index contributed by atoms with van der Waals surface area (Å²) >= 11 is 25.1. The van der Waals surface area contributed by atoms with Crippen molar-refractivity contribution in [3.8, 4) is 11.4 Å². The predicted molar refractivity (Wildman–Crippen MR) is 133 cm³/mol. The summed E-state index contributed by atoms with van der Waals surface area (Å²) in [5.41, 5.74) is 5.54. The summed E-state index contributed by atoms with van der Waals surface area (Å²) < 4.78 is 22.2.